The van der Waals surface area contributed by atoms with Gasteiger partial charge in [-0.05, 0) is 48.2 Å². The van der Waals surface area contributed by atoms with E-state index in [0.717, 1.165) is 15.4 Å². The number of sulfonamides is 1. The van der Waals surface area contributed by atoms with Crippen molar-refractivity contribution in [2.45, 2.75) is 44.7 Å². The van der Waals surface area contributed by atoms with Crippen LogP contribution in [0.2, 0.25) is 0 Å². The highest BCUT2D eigenvalue weighted by molar-refractivity contribution is 7.89. The van der Waals surface area contributed by atoms with Crippen LogP contribution in [0.3, 0.4) is 0 Å². The lowest BCUT2D eigenvalue weighted by molar-refractivity contribution is -0.141. The smallest absolute Gasteiger partial charge is 0.243 e. The fraction of sp³-hybridized carbons (Fsp3) is 0.333. The Morgan fingerprint density at radius 3 is 2.10 bits per heavy atom. The van der Waals surface area contributed by atoms with Gasteiger partial charge in [-0.3, -0.25) is 9.59 Å². The molecule has 3 aromatic carbocycles. The van der Waals surface area contributed by atoms with Crippen LogP contribution in [-0.2, 0) is 32.6 Å². The van der Waals surface area contributed by atoms with Gasteiger partial charge in [0.05, 0.1) is 11.4 Å². The molecule has 1 N–H and O–H groups in total. The van der Waals surface area contributed by atoms with Crippen LogP contribution in [0.5, 0.6) is 0 Å². The number of nitrogens with one attached hydrogen (secondary N) is 1. The number of hydrogen-bond acceptors (Lipinski definition) is 4. The Labute approximate surface area is 230 Å². The van der Waals surface area contributed by atoms with Crippen molar-refractivity contribution in [2.75, 3.05) is 20.1 Å². The third kappa shape index (κ3) is 8.46. The van der Waals surface area contributed by atoms with E-state index in [-0.39, 0.29) is 29.7 Å². The van der Waals surface area contributed by atoms with E-state index in [2.05, 4.69) is 5.32 Å². The topological polar surface area (TPSA) is 86.8 Å². The van der Waals surface area contributed by atoms with Gasteiger partial charge in [0.1, 0.15) is 11.9 Å². The molecule has 0 unspecified atom stereocenters. The summed E-state index contributed by atoms with van der Waals surface area (Å²) in [6, 6.07) is 20.5. The van der Waals surface area contributed by atoms with Gasteiger partial charge in [-0.2, -0.15) is 4.31 Å². The van der Waals surface area contributed by atoms with E-state index in [0.29, 0.717) is 12.1 Å². The van der Waals surface area contributed by atoms with Crippen LogP contribution in [-0.4, -0.2) is 55.6 Å². The normalized spacial score (nSPS) is 12.4. The number of halogens is 1. The maximum atomic E-state index is 13.8. The first-order chi connectivity index (χ1) is 18.5. The second-order valence-electron chi connectivity index (χ2n) is 10.1. The maximum absolute atomic E-state index is 13.8. The molecule has 7 nitrogen and oxygen atoms in total. The van der Waals surface area contributed by atoms with E-state index in [9.17, 15) is 22.4 Å². The molecular formula is C30H36FN3O4S. The van der Waals surface area contributed by atoms with Crippen LogP contribution in [0, 0.1) is 18.7 Å². The minimum Gasteiger partial charge on any atom is -0.354 e. The van der Waals surface area contributed by atoms with Crippen molar-refractivity contribution in [2.24, 2.45) is 5.92 Å². The zero-order valence-corrected chi connectivity index (χ0v) is 23.6. The van der Waals surface area contributed by atoms with Crippen LogP contribution >= 0.6 is 0 Å². The molecule has 0 radical (unpaired) electrons. The van der Waals surface area contributed by atoms with Gasteiger partial charge < -0.3 is 10.2 Å². The van der Waals surface area contributed by atoms with Gasteiger partial charge in [0.15, 0.2) is 0 Å². The van der Waals surface area contributed by atoms with E-state index in [1.54, 1.807) is 24.3 Å². The van der Waals surface area contributed by atoms with Crippen molar-refractivity contribution < 1.29 is 22.4 Å². The number of rotatable bonds is 12. The Balaban J connectivity index is 1.96. The van der Waals surface area contributed by atoms with Crippen molar-refractivity contribution in [3.63, 3.8) is 0 Å². The van der Waals surface area contributed by atoms with Gasteiger partial charge in [-0.25, -0.2) is 12.8 Å². The van der Waals surface area contributed by atoms with Crippen LogP contribution < -0.4 is 5.32 Å². The third-order valence-corrected chi connectivity index (χ3v) is 8.13. The lowest BCUT2D eigenvalue weighted by Crippen LogP contribution is -2.53. The van der Waals surface area contributed by atoms with Crippen molar-refractivity contribution >= 4 is 21.8 Å². The molecule has 208 valence electrons. The zero-order valence-electron chi connectivity index (χ0n) is 22.8. The molecule has 0 aromatic heterocycles. The summed E-state index contributed by atoms with van der Waals surface area (Å²) in [6.45, 7) is 5.75. The molecule has 0 bridgehead atoms. The summed E-state index contributed by atoms with van der Waals surface area (Å²) in [5.41, 5.74) is 2.37. The first kappa shape index (κ1) is 30.0. The summed E-state index contributed by atoms with van der Waals surface area (Å²) in [5, 5.41) is 2.92. The maximum Gasteiger partial charge on any atom is 0.243 e. The zero-order chi connectivity index (χ0) is 28.6. The van der Waals surface area contributed by atoms with E-state index < -0.39 is 34.3 Å². The molecular weight excluding hydrogens is 517 g/mol. The van der Waals surface area contributed by atoms with Gasteiger partial charge >= 0.3 is 0 Å². The molecule has 0 saturated carbocycles. The summed E-state index contributed by atoms with van der Waals surface area (Å²) in [6.07, 6.45) is 0.228. The highest BCUT2D eigenvalue weighted by Gasteiger charge is 2.33. The minimum atomic E-state index is -3.95. The highest BCUT2D eigenvalue weighted by Crippen LogP contribution is 2.19. The van der Waals surface area contributed by atoms with Gasteiger partial charge in [0.25, 0.3) is 0 Å². The quantitative estimate of drug-likeness (QED) is 0.365. The molecule has 39 heavy (non-hydrogen) atoms. The Hall–Kier alpha value is -3.56. The molecule has 9 heteroatoms. The number of nitrogens with zero attached hydrogens (tertiary/aromatic N) is 2. The number of likely N-dealkylation sites (N-methyl/N-ethyl adjacent to an activating group) is 1. The second-order valence-corrected chi connectivity index (χ2v) is 12.1. The van der Waals surface area contributed by atoms with Gasteiger partial charge in [0, 0.05) is 26.6 Å². The van der Waals surface area contributed by atoms with Crippen LogP contribution in [0.1, 0.15) is 30.5 Å². The molecule has 0 heterocycles. The molecule has 1 atom stereocenters. The molecule has 0 spiro atoms. The monoisotopic (exact) mass is 553 g/mol. The molecule has 2 amide bonds. The summed E-state index contributed by atoms with van der Waals surface area (Å²) in [4.78, 5) is 28.7. The van der Waals surface area contributed by atoms with Crippen LogP contribution in [0.25, 0.3) is 0 Å². The number of amides is 2. The van der Waals surface area contributed by atoms with Crippen molar-refractivity contribution in [1.29, 1.82) is 0 Å². The Morgan fingerprint density at radius 1 is 0.897 bits per heavy atom. The number of carbonyl (C=O) groups excluding carboxylic acids is 2. The van der Waals surface area contributed by atoms with Crippen molar-refractivity contribution in [1.82, 2.24) is 14.5 Å². The number of aryl methyl sites for hydroxylation is 1. The Bertz CT molecular complexity index is 1350. The molecule has 0 saturated heterocycles. The summed E-state index contributed by atoms with van der Waals surface area (Å²) >= 11 is 0. The molecule has 0 aliphatic rings. The van der Waals surface area contributed by atoms with E-state index >= 15 is 0 Å². The lowest BCUT2D eigenvalue weighted by Gasteiger charge is -2.33. The lowest BCUT2D eigenvalue weighted by atomic mass is 10.0. The van der Waals surface area contributed by atoms with E-state index in [1.165, 1.54) is 36.2 Å². The van der Waals surface area contributed by atoms with Gasteiger partial charge in [0.2, 0.25) is 21.8 Å². The summed E-state index contributed by atoms with van der Waals surface area (Å²) in [7, 11) is -2.61. The highest BCUT2D eigenvalue weighted by atomic mass is 32.2. The third-order valence-electron chi connectivity index (χ3n) is 6.31. The Morgan fingerprint density at radius 2 is 1.51 bits per heavy atom. The Kier molecular flexibility index (Phi) is 10.4. The average Bonchev–Trinajstić information content (AvgIpc) is 2.91. The van der Waals surface area contributed by atoms with E-state index in [1.807, 2.05) is 51.1 Å². The number of hydrogen-bond donors (Lipinski definition) is 1. The first-order valence-corrected chi connectivity index (χ1v) is 14.3. The van der Waals surface area contributed by atoms with Gasteiger partial charge in [-0.15, -0.1) is 0 Å². The van der Waals surface area contributed by atoms with Crippen molar-refractivity contribution in [3.05, 3.63) is 101 Å². The number of carbonyl (C=O) groups is 2. The minimum absolute atomic E-state index is 0.00410. The molecule has 3 aromatic rings. The predicted molar refractivity (Wildman–Crippen MR) is 150 cm³/mol. The predicted octanol–water partition coefficient (Wildman–Crippen LogP) is 4.17. The van der Waals surface area contributed by atoms with Crippen LogP contribution in [0.15, 0.2) is 83.8 Å². The van der Waals surface area contributed by atoms with Gasteiger partial charge in [-0.1, -0.05) is 74.0 Å². The fourth-order valence-corrected chi connectivity index (χ4v) is 5.14. The largest absolute Gasteiger partial charge is 0.354 e. The standard InChI is InChI=1S/C30H36FN3O4S/c1-22(2)19-32-30(36)28(18-24-8-6-5-7-9-24)34(20-25-12-14-26(31)15-13-25)29(35)21-33(4)39(37,38)27-16-10-23(3)11-17-27/h5-17,22,28H,18-21H2,1-4H3,(H,32,36)/t28-/m0/s1. The molecule has 0 fully saturated rings. The SMILES string of the molecule is Cc1ccc(S(=O)(=O)N(C)CC(=O)N(Cc2ccc(F)cc2)[C@@H](Cc2ccccc2)C(=O)NCC(C)C)cc1. The summed E-state index contributed by atoms with van der Waals surface area (Å²) in [5.74, 6) is -1.11. The molecule has 0 aliphatic carbocycles. The van der Waals surface area contributed by atoms with Crippen molar-refractivity contribution in [3.8, 4) is 0 Å². The first-order valence-electron chi connectivity index (χ1n) is 12.9. The average molecular weight is 554 g/mol. The number of benzene rings is 3. The van der Waals surface area contributed by atoms with Crippen LogP contribution in [0.4, 0.5) is 4.39 Å². The second kappa shape index (κ2) is 13.5. The molecule has 3 rings (SSSR count). The summed E-state index contributed by atoms with van der Waals surface area (Å²) < 4.78 is 41.0. The fourth-order valence-electron chi connectivity index (χ4n) is 4.02. The van der Waals surface area contributed by atoms with E-state index in [4.69, 9.17) is 0 Å². The molecule has 0 aliphatic heterocycles.